The van der Waals surface area contributed by atoms with E-state index in [9.17, 15) is 4.39 Å². The largest absolute Gasteiger partial charge is 0.368 e. The van der Waals surface area contributed by atoms with Crippen molar-refractivity contribution >= 4 is 28.6 Å². The highest BCUT2D eigenvalue weighted by molar-refractivity contribution is 6.33. The Labute approximate surface area is 184 Å². The van der Waals surface area contributed by atoms with Gasteiger partial charge in [0.15, 0.2) is 5.82 Å². The molecule has 0 amide bonds. The highest BCUT2D eigenvalue weighted by Crippen LogP contribution is 2.31. The molecular weight excluding hydrogens is 417 g/mol. The molecule has 31 heavy (non-hydrogen) atoms. The van der Waals surface area contributed by atoms with Gasteiger partial charge in [0, 0.05) is 17.3 Å². The van der Waals surface area contributed by atoms with Crippen molar-refractivity contribution in [1.29, 1.82) is 0 Å². The Balaban J connectivity index is 0.000000212. The highest BCUT2D eigenvalue weighted by Gasteiger charge is 2.17. The molecule has 0 atom stereocenters. The van der Waals surface area contributed by atoms with E-state index in [-0.39, 0.29) is 12.0 Å². The molecule has 0 fully saturated rings. The van der Waals surface area contributed by atoms with Crippen LogP contribution < -0.4 is 5.73 Å². The molecule has 0 bridgehead atoms. The maximum atomic E-state index is 14.4. The number of H-pyrrole nitrogens is 1. The Hall–Kier alpha value is -3.00. The molecule has 9 heteroatoms. The maximum Gasteiger partial charge on any atom is 0.220 e. The van der Waals surface area contributed by atoms with Gasteiger partial charge in [-0.05, 0) is 64.2 Å². The molecule has 162 valence electrons. The molecule has 3 heterocycles. The predicted octanol–water partition coefficient (Wildman–Crippen LogP) is 5.05. The number of rotatable bonds is 2. The van der Waals surface area contributed by atoms with E-state index in [1.165, 1.54) is 49.2 Å². The summed E-state index contributed by atoms with van der Waals surface area (Å²) in [4.78, 5) is 12.2. The zero-order valence-corrected chi connectivity index (χ0v) is 18.5. The van der Waals surface area contributed by atoms with Crippen LogP contribution in [0.2, 0.25) is 5.02 Å². The van der Waals surface area contributed by atoms with Crippen LogP contribution in [0.1, 0.15) is 49.8 Å². The number of aromatic nitrogens is 6. The third-order valence-corrected chi connectivity index (χ3v) is 5.68. The van der Waals surface area contributed by atoms with Crippen molar-refractivity contribution < 1.29 is 4.39 Å². The number of aromatic amines is 1. The molecule has 3 N–H and O–H groups in total. The first kappa shape index (κ1) is 21.2. The molecule has 0 spiro atoms. The fourth-order valence-electron chi connectivity index (χ4n) is 4.03. The molecular formula is C22H25ClFN7. The molecule has 3 aromatic heterocycles. The number of nitrogen functional groups attached to an aromatic ring is 1. The maximum absolute atomic E-state index is 14.4. The zero-order valence-electron chi connectivity index (χ0n) is 17.8. The lowest BCUT2D eigenvalue weighted by atomic mass is 9.99. The van der Waals surface area contributed by atoms with Crippen molar-refractivity contribution in [2.24, 2.45) is 0 Å². The number of nitrogens with zero attached hydrogens (tertiary/aromatic N) is 5. The second-order valence-electron chi connectivity index (χ2n) is 7.95. The normalized spacial score (nSPS) is 13.2. The molecule has 0 saturated carbocycles. The molecule has 7 nitrogen and oxygen atoms in total. The summed E-state index contributed by atoms with van der Waals surface area (Å²) in [5, 5.41) is 7.31. The second-order valence-corrected chi connectivity index (χ2v) is 8.36. The number of hydrogen-bond donors (Lipinski definition) is 2. The minimum atomic E-state index is -0.414. The zero-order chi connectivity index (χ0) is 22.1. The lowest BCUT2D eigenvalue weighted by Gasteiger charge is -2.12. The van der Waals surface area contributed by atoms with Gasteiger partial charge in [0.1, 0.15) is 11.3 Å². The molecule has 0 unspecified atom stereocenters. The third-order valence-electron chi connectivity index (χ3n) is 5.41. The van der Waals surface area contributed by atoms with Crippen LogP contribution in [0.25, 0.3) is 22.3 Å². The summed E-state index contributed by atoms with van der Waals surface area (Å²) in [6.07, 6.45) is 8.46. The van der Waals surface area contributed by atoms with Gasteiger partial charge in [-0.2, -0.15) is 5.10 Å². The minimum absolute atomic E-state index is 0.0912. The number of hydrogen-bond acceptors (Lipinski definition) is 5. The van der Waals surface area contributed by atoms with Gasteiger partial charge in [-0.3, -0.25) is 5.10 Å². The van der Waals surface area contributed by atoms with E-state index >= 15 is 0 Å². The summed E-state index contributed by atoms with van der Waals surface area (Å²) >= 11 is 6.12. The average Bonchev–Trinajstić information content (AvgIpc) is 3.34. The van der Waals surface area contributed by atoms with Crippen molar-refractivity contribution in [3.05, 3.63) is 52.4 Å². The van der Waals surface area contributed by atoms with Crippen molar-refractivity contribution in [1.82, 2.24) is 29.7 Å². The summed E-state index contributed by atoms with van der Waals surface area (Å²) in [6, 6.07) is 3.35. The smallest absolute Gasteiger partial charge is 0.220 e. The van der Waals surface area contributed by atoms with Gasteiger partial charge in [0.2, 0.25) is 5.95 Å². The molecule has 1 aromatic carbocycles. The summed E-state index contributed by atoms with van der Waals surface area (Å²) in [7, 11) is 0. The van der Waals surface area contributed by atoms with Gasteiger partial charge in [-0.15, -0.1) is 0 Å². The topological polar surface area (TPSA) is 98.3 Å². The van der Waals surface area contributed by atoms with Gasteiger partial charge >= 0.3 is 0 Å². The Morgan fingerprint density at radius 1 is 1.16 bits per heavy atom. The standard InChI is InChI=1S/C15H15ClFN5.C7H10N2/c1-7(2)22-8(3)20-14-11(17)4-9(5-12(14)22)13-10(16)6-19-15(18)21-13;1-2-4-7-6(3-1)5-8-9-7/h4-7H,1-3H3,(H2,18,19,21);5H,1-4H2,(H,8,9). The fourth-order valence-corrected chi connectivity index (χ4v) is 4.23. The van der Waals surface area contributed by atoms with Gasteiger partial charge in [0.05, 0.1) is 28.6 Å². The molecule has 1 aliphatic carbocycles. The van der Waals surface area contributed by atoms with Crippen molar-refractivity contribution in [3.63, 3.8) is 0 Å². The van der Waals surface area contributed by atoms with E-state index in [0.717, 1.165) is 5.82 Å². The van der Waals surface area contributed by atoms with E-state index in [0.29, 0.717) is 27.3 Å². The van der Waals surface area contributed by atoms with Crippen molar-refractivity contribution in [2.45, 2.75) is 52.5 Å². The van der Waals surface area contributed by atoms with Gasteiger partial charge in [-0.25, -0.2) is 19.3 Å². The van der Waals surface area contributed by atoms with Crippen LogP contribution in [-0.2, 0) is 12.8 Å². The molecule has 5 rings (SSSR count). The number of nitrogens with two attached hydrogens (primary N) is 1. The Kier molecular flexibility index (Phi) is 5.91. The highest BCUT2D eigenvalue weighted by atomic mass is 35.5. The lowest BCUT2D eigenvalue weighted by molar-refractivity contribution is 0.600. The number of imidazole rings is 1. The molecule has 0 radical (unpaired) electrons. The number of nitrogens with one attached hydrogen (secondary N) is 1. The van der Waals surface area contributed by atoms with Crippen LogP contribution in [0.5, 0.6) is 0 Å². The Bertz CT molecular complexity index is 1210. The van der Waals surface area contributed by atoms with Crippen LogP contribution in [0, 0.1) is 12.7 Å². The Morgan fingerprint density at radius 2 is 1.94 bits per heavy atom. The number of halogens is 2. The van der Waals surface area contributed by atoms with Gasteiger partial charge in [0.25, 0.3) is 0 Å². The molecule has 0 saturated heterocycles. The van der Waals surface area contributed by atoms with Crippen LogP contribution in [0.4, 0.5) is 10.3 Å². The van der Waals surface area contributed by atoms with Gasteiger partial charge < -0.3 is 10.3 Å². The van der Waals surface area contributed by atoms with Crippen LogP contribution in [0.15, 0.2) is 24.5 Å². The number of fused-ring (bicyclic) bond motifs is 2. The van der Waals surface area contributed by atoms with Crippen LogP contribution in [-0.4, -0.2) is 29.7 Å². The van der Waals surface area contributed by atoms with Gasteiger partial charge in [-0.1, -0.05) is 11.6 Å². The number of anilines is 1. The van der Waals surface area contributed by atoms with E-state index in [1.54, 1.807) is 0 Å². The quantitative estimate of drug-likeness (QED) is 0.453. The third kappa shape index (κ3) is 4.25. The minimum Gasteiger partial charge on any atom is -0.368 e. The molecule has 4 aromatic rings. The first-order chi connectivity index (χ1) is 14.8. The van der Waals surface area contributed by atoms with Crippen molar-refractivity contribution in [2.75, 3.05) is 5.73 Å². The number of aryl methyl sites for hydroxylation is 3. The Morgan fingerprint density at radius 3 is 2.68 bits per heavy atom. The fraction of sp³-hybridized carbons (Fsp3) is 0.364. The lowest BCUT2D eigenvalue weighted by Crippen LogP contribution is -2.03. The average molecular weight is 442 g/mol. The summed E-state index contributed by atoms with van der Waals surface area (Å²) in [6.45, 7) is 5.90. The summed E-state index contributed by atoms with van der Waals surface area (Å²) in [5.41, 5.74) is 10.4. The van der Waals surface area contributed by atoms with E-state index < -0.39 is 5.82 Å². The molecule has 1 aliphatic rings. The van der Waals surface area contributed by atoms with Crippen LogP contribution >= 0.6 is 11.6 Å². The second kappa shape index (κ2) is 8.63. The summed E-state index contributed by atoms with van der Waals surface area (Å²) in [5.74, 6) is 0.436. The predicted molar refractivity (Wildman–Crippen MR) is 120 cm³/mol. The summed E-state index contributed by atoms with van der Waals surface area (Å²) < 4.78 is 16.4. The van der Waals surface area contributed by atoms with E-state index in [1.807, 2.05) is 37.6 Å². The first-order valence-corrected chi connectivity index (χ1v) is 10.7. The van der Waals surface area contributed by atoms with E-state index in [4.69, 9.17) is 17.3 Å². The SMILES string of the molecule is Cc1nc2c(F)cc(-c3nc(N)ncc3Cl)cc2n1C(C)C.c1n[nH]c2c1CCCC2. The van der Waals surface area contributed by atoms with E-state index in [2.05, 4.69) is 25.1 Å². The van der Waals surface area contributed by atoms with Crippen molar-refractivity contribution in [3.8, 4) is 11.3 Å². The molecule has 0 aliphatic heterocycles. The monoisotopic (exact) mass is 441 g/mol. The first-order valence-electron chi connectivity index (χ1n) is 10.3. The van der Waals surface area contributed by atoms with Crippen LogP contribution in [0.3, 0.4) is 0 Å². The number of benzene rings is 1.